The third-order valence-corrected chi connectivity index (χ3v) is 8.15. The number of alkyl carbamates (subject to hydrolysis) is 1. The van der Waals surface area contributed by atoms with Gasteiger partial charge < -0.3 is 19.9 Å². The summed E-state index contributed by atoms with van der Waals surface area (Å²) in [4.78, 5) is 17.4. The van der Waals surface area contributed by atoms with Crippen LogP contribution in [0, 0.1) is 5.92 Å². The van der Waals surface area contributed by atoms with Gasteiger partial charge in [0, 0.05) is 19.3 Å². The Bertz CT molecular complexity index is 1200. The minimum atomic E-state index is -3.92. The number of aliphatic hydroxyl groups is 1. The lowest BCUT2D eigenvalue weighted by atomic mass is 10.0. The first-order valence-corrected chi connectivity index (χ1v) is 14.2. The molecule has 0 aliphatic carbocycles. The Balaban J connectivity index is 1.79. The van der Waals surface area contributed by atoms with Crippen molar-refractivity contribution in [1.29, 1.82) is 0 Å². The molecular weight excluding hydrogens is 514 g/mol. The number of methoxy groups -OCH3 is 1. The molecule has 1 heterocycles. The number of amides is 1. The maximum Gasteiger partial charge on any atom is 0.407 e. The van der Waals surface area contributed by atoms with Crippen LogP contribution in [0.25, 0.3) is 0 Å². The van der Waals surface area contributed by atoms with Gasteiger partial charge in [0.2, 0.25) is 10.0 Å². The molecule has 1 unspecified atom stereocenters. The Morgan fingerprint density at radius 3 is 2.41 bits per heavy atom. The summed E-state index contributed by atoms with van der Waals surface area (Å²) < 4.78 is 38.7. The van der Waals surface area contributed by atoms with E-state index in [2.05, 4.69) is 10.3 Å². The van der Waals surface area contributed by atoms with Crippen molar-refractivity contribution in [1.82, 2.24) is 14.6 Å². The van der Waals surface area contributed by atoms with Crippen LogP contribution >= 0.6 is 11.3 Å². The highest BCUT2D eigenvalue weighted by Crippen LogP contribution is 2.22. The molecule has 2 atom stereocenters. The van der Waals surface area contributed by atoms with Crippen LogP contribution in [0.4, 0.5) is 4.79 Å². The lowest BCUT2D eigenvalue weighted by Gasteiger charge is -2.30. The average Bonchev–Trinajstić information content (AvgIpc) is 3.41. The van der Waals surface area contributed by atoms with Crippen LogP contribution in [0.2, 0.25) is 0 Å². The van der Waals surface area contributed by atoms with Gasteiger partial charge in [0.05, 0.1) is 34.5 Å². The number of aromatic nitrogens is 1. The Morgan fingerprint density at radius 1 is 1.11 bits per heavy atom. The molecule has 0 bridgehead atoms. The van der Waals surface area contributed by atoms with Gasteiger partial charge in [-0.3, -0.25) is 4.98 Å². The molecule has 1 amide bonds. The summed E-state index contributed by atoms with van der Waals surface area (Å²) in [7, 11) is -2.42. The molecular formula is C26H33N3O6S2. The van der Waals surface area contributed by atoms with E-state index in [0.717, 1.165) is 10.4 Å². The molecule has 2 N–H and O–H groups in total. The van der Waals surface area contributed by atoms with E-state index < -0.39 is 28.3 Å². The Labute approximate surface area is 222 Å². The van der Waals surface area contributed by atoms with Crippen molar-refractivity contribution in [2.45, 2.75) is 43.9 Å². The van der Waals surface area contributed by atoms with E-state index in [1.165, 1.54) is 34.9 Å². The van der Waals surface area contributed by atoms with Crippen molar-refractivity contribution < 1.29 is 27.8 Å². The quantitative estimate of drug-likeness (QED) is 0.335. The van der Waals surface area contributed by atoms with Crippen molar-refractivity contribution in [3.05, 3.63) is 76.7 Å². The zero-order chi connectivity index (χ0) is 26.8. The second kappa shape index (κ2) is 13.5. The largest absolute Gasteiger partial charge is 0.497 e. The second-order valence-corrected chi connectivity index (χ2v) is 11.9. The third-order valence-electron chi connectivity index (χ3n) is 5.55. The summed E-state index contributed by atoms with van der Waals surface area (Å²) in [5.41, 5.74) is 2.52. The van der Waals surface area contributed by atoms with E-state index in [0.29, 0.717) is 5.75 Å². The average molecular weight is 548 g/mol. The number of benzene rings is 2. The number of hydrogen-bond donors (Lipinski definition) is 2. The van der Waals surface area contributed by atoms with E-state index in [1.54, 1.807) is 23.8 Å². The van der Waals surface area contributed by atoms with Crippen molar-refractivity contribution in [3.8, 4) is 5.75 Å². The molecule has 2 aromatic carbocycles. The molecule has 1 aromatic heterocycles. The van der Waals surface area contributed by atoms with Crippen molar-refractivity contribution >= 4 is 27.5 Å². The number of sulfonamides is 1. The van der Waals surface area contributed by atoms with Crippen LogP contribution in [0.3, 0.4) is 0 Å². The zero-order valence-corrected chi connectivity index (χ0v) is 22.7. The molecule has 3 aromatic rings. The molecule has 3 rings (SSSR count). The SMILES string of the molecule is COc1ccc(S(=O)(=O)N(CC(C)C)CC(O)[C@H](Cc2ccccc2)NC(=O)OCc2cncs2)cc1. The van der Waals surface area contributed by atoms with Crippen LogP contribution in [0.1, 0.15) is 24.3 Å². The first-order valence-electron chi connectivity index (χ1n) is 11.9. The fourth-order valence-electron chi connectivity index (χ4n) is 3.71. The van der Waals surface area contributed by atoms with Gasteiger partial charge in [-0.2, -0.15) is 4.31 Å². The number of rotatable bonds is 13. The van der Waals surface area contributed by atoms with Crippen LogP contribution in [0.15, 0.2) is 71.2 Å². The predicted octanol–water partition coefficient (Wildman–Crippen LogP) is 3.70. The van der Waals surface area contributed by atoms with Crippen molar-refractivity contribution in [3.63, 3.8) is 0 Å². The van der Waals surface area contributed by atoms with Crippen LogP contribution in [0.5, 0.6) is 5.75 Å². The van der Waals surface area contributed by atoms with Gasteiger partial charge in [0.25, 0.3) is 0 Å². The molecule has 0 spiro atoms. The summed E-state index contributed by atoms with van der Waals surface area (Å²) >= 11 is 1.36. The van der Waals surface area contributed by atoms with Gasteiger partial charge in [-0.15, -0.1) is 11.3 Å². The molecule has 0 saturated heterocycles. The number of carbonyl (C=O) groups excluding carboxylic acids is 1. The maximum atomic E-state index is 13.5. The minimum absolute atomic E-state index is 0.00475. The molecule has 0 saturated carbocycles. The smallest absolute Gasteiger partial charge is 0.407 e. The van der Waals surface area contributed by atoms with Gasteiger partial charge in [0.1, 0.15) is 12.4 Å². The standard InChI is InChI=1S/C26H33N3O6S2/c1-19(2)15-29(37(32,33)23-11-9-21(34-3)10-12-23)16-25(30)24(13-20-7-5-4-6-8-20)28-26(31)35-17-22-14-27-18-36-22/h4-12,14,18-19,24-25,30H,13,15-17H2,1-3H3,(H,28,31)/t24-,25?/m0/s1. The number of ether oxygens (including phenoxy) is 2. The molecule has 11 heteroatoms. The molecule has 200 valence electrons. The van der Waals surface area contributed by atoms with Gasteiger partial charge in [-0.25, -0.2) is 13.2 Å². The van der Waals surface area contributed by atoms with Crippen molar-refractivity contribution in [2.75, 3.05) is 20.2 Å². The van der Waals surface area contributed by atoms with E-state index in [1.807, 2.05) is 44.2 Å². The Morgan fingerprint density at radius 2 is 1.81 bits per heavy atom. The Hall–Kier alpha value is -2.99. The molecule has 9 nitrogen and oxygen atoms in total. The highest BCUT2D eigenvalue weighted by Gasteiger charge is 2.31. The number of nitrogens with one attached hydrogen (secondary N) is 1. The van der Waals surface area contributed by atoms with Gasteiger partial charge >= 0.3 is 6.09 Å². The van der Waals surface area contributed by atoms with Crippen LogP contribution < -0.4 is 10.1 Å². The van der Waals surface area contributed by atoms with Crippen LogP contribution in [-0.2, 0) is 27.8 Å². The van der Waals surface area contributed by atoms with Gasteiger partial charge in [0.15, 0.2) is 0 Å². The number of carbonyl (C=O) groups is 1. The fraction of sp³-hybridized carbons (Fsp3) is 0.385. The molecule has 37 heavy (non-hydrogen) atoms. The van der Waals surface area contributed by atoms with Gasteiger partial charge in [-0.1, -0.05) is 44.2 Å². The highest BCUT2D eigenvalue weighted by atomic mass is 32.2. The number of hydrogen-bond acceptors (Lipinski definition) is 8. The maximum absolute atomic E-state index is 13.5. The predicted molar refractivity (Wildman–Crippen MR) is 142 cm³/mol. The van der Waals surface area contributed by atoms with E-state index in [9.17, 15) is 18.3 Å². The third kappa shape index (κ3) is 8.53. The summed E-state index contributed by atoms with van der Waals surface area (Å²) in [6.07, 6.45) is -0.0117. The van der Waals surface area contributed by atoms with Crippen molar-refractivity contribution in [2.24, 2.45) is 5.92 Å². The first-order chi connectivity index (χ1) is 17.7. The zero-order valence-electron chi connectivity index (χ0n) is 21.1. The fourth-order valence-corrected chi connectivity index (χ4v) is 5.83. The molecule has 0 aliphatic rings. The summed E-state index contributed by atoms with van der Waals surface area (Å²) in [5.74, 6) is 0.545. The molecule has 0 aliphatic heterocycles. The summed E-state index contributed by atoms with van der Waals surface area (Å²) in [6.45, 7) is 3.84. The van der Waals surface area contributed by atoms with E-state index >= 15 is 0 Å². The first kappa shape index (κ1) is 28.6. The van der Waals surface area contributed by atoms with Gasteiger partial charge in [-0.05, 0) is 42.2 Å². The topological polar surface area (TPSA) is 118 Å². The normalized spacial score (nSPS) is 13.4. The Kier molecular flexibility index (Phi) is 10.4. The lowest BCUT2D eigenvalue weighted by Crippen LogP contribution is -2.51. The highest BCUT2D eigenvalue weighted by molar-refractivity contribution is 7.89. The summed E-state index contributed by atoms with van der Waals surface area (Å²) in [6, 6.07) is 14.7. The second-order valence-electron chi connectivity index (χ2n) is 8.94. The number of nitrogens with zero attached hydrogens (tertiary/aromatic N) is 2. The number of thiazole rings is 1. The van der Waals surface area contributed by atoms with Crippen LogP contribution in [-0.4, -0.2) is 61.3 Å². The molecule has 0 radical (unpaired) electrons. The minimum Gasteiger partial charge on any atom is -0.497 e. The monoisotopic (exact) mass is 547 g/mol. The lowest BCUT2D eigenvalue weighted by molar-refractivity contribution is 0.0876. The van der Waals surface area contributed by atoms with E-state index in [-0.39, 0.29) is 36.9 Å². The number of aliphatic hydroxyl groups excluding tert-OH is 1. The molecule has 0 fully saturated rings. The van der Waals surface area contributed by atoms with E-state index in [4.69, 9.17) is 9.47 Å². The summed E-state index contributed by atoms with van der Waals surface area (Å²) in [5, 5.41) is 14.0.